The van der Waals surface area contributed by atoms with Crippen molar-refractivity contribution in [3.8, 4) is 12.3 Å². The molecule has 0 spiro atoms. The minimum Gasteiger partial charge on any atom is -0.481 e. The van der Waals surface area contributed by atoms with Gasteiger partial charge in [0.25, 0.3) is 0 Å². The molecule has 0 aromatic heterocycles. The van der Waals surface area contributed by atoms with Crippen molar-refractivity contribution >= 4 is 11.9 Å². The predicted octanol–water partition coefficient (Wildman–Crippen LogP) is 1.77. The topological polar surface area (TPSA) is 74.6 Å². The highest BCUT2D eigenvalue weighted by molar-refractivity contribution is 5.94. The summed E-state index contributed by atoms with van der Waals surface area (Å²) in [5.41, 5.74) is 0. The van der Waals surface area contributed by atoms with E-state index in [0.717, 1.165) is 19.3 Å². The van der Waals surface area contributed by atoms with Gasteiger partial charge in [-0.3, -0.25) is 9.59 Å². The summed E-state index contributed by atoms with van der Waals surface area (Å²) in [5.74, 6) is -3.08. The van der Waals surface area contributed by atoms with Crippen molar-refractivity contribution in [2.24, 2.45) is 11.8 Å². The Morgan fingerprint density at radius 2 is 1.94 bits per heavy atom. The van der Waals surface area contributed by atoms with Crippen molar-refractivity contribution < 1.29 is 19.8 Å². The van der Waals surface area contributed by atoms with Crippen molar-refractivity contribution in [3.05, 3.63) is 12.2 Å². The van der Waals surface area contributed by atoms with Crippen LogP contribution in [0.1, 0.15) is 26.2 Å². The molecule has 88 valence electrons. The molecule has 0 aromatic rings. The molecule has 0 saturated carbocycles. The molecular formula is C12H16O4. The number of carboxylic acid groups (broad SMARTS) is 2. The second-order valence-corrected chi connectivity index (χ2v) is 3.42. The highest BCUT2D eigenvalue weighted by Crippen LogP contribution is 2.14. The van der Waals surface area contributed by atoms with Crippen molar-refractivity contribution in [2.75, 3.05) is 0 Å². The number of hydrogen-bond donors (Lipinski definition) is 2. The molecule has 0 aromatic carbocycles. The molecule has 0 bridgehead atoms. The molecule has 0 heterocycles. The van der Waals surface area contributed by atoms with E-state index in [0.29, 0.717) is 0 Å². The molecular weight excluding hydrogens is 208 g/mol. The summed E-state index contributed by atoms with van der Waals surface area (Å²) in [5, 5.41) is 17.5. The van der Waals surface area contributed by atoms with Crippen molar-refractivity contribution in [1.29, 1.82) is 0 Å². The van der Waals surface area contributed by atoms with Crippen LogP contribution in [0.4, 0.5) is 0 Å². The molecule has 2 N–H and O–H groups in total. The van der Waals surface area contributed by atoms with Crippen LogP contribution in [0.5, 0.6) is 0 Å². The number of carbonyl (C=O) groups is 2. The Hall–Kier alpha value is -1.76. The van der Waals surface area contributed by atoms with Crippen LogP contribution in [-0.2, 0) is 9.59 Å². The number of aliphatic carboxylic acids is 2. The lowest BCUT2D eigenvalue weighted by Crippen LogP contribution is -2.29. The monoisotopic (exact) mass is 224 g/mol. The Kier molecular flexibility index (Phi) is 6.69. The summed E-state index contributed by atoms with van der Waals surface area (Å²) in [6, 6.07) is 0. The fourth-order valence-corrected chi connectivity index (χ4v) is 1.24. The third kappa shape index (κ3) is 4.65. The number of unbranched alkanes of at least 4 members (excludes halogenated alkanes) is 2. The average molecular weight is 224 g/mol. The zero-order chi connectivity index (χ0) is 12.6. The molecule has 0 rings (SSSR count). The van der Waals surface area contributed by atoms with Crippen molar-refractivity contribution in [3.63, 3.8) is 0 Å². The van der Waals surface area contributed by atoms with E-state index < -0.39 is 23.8 Å². The first kappa shape index (κ1) is 14.2. The Bertz CT molecular complexity index is 297. The number of hydrogen-bond acceptors (Lipinski definition) is 2. The van der Waals surface area contributed by atoms with E-state index in [1.165, 1.54) is 6.08 Å². The normalized spacial score (nSPS) is 12.6. The first-order valence-corrected chi connectivity index (χ1v) is 5.13. The lowest BCUT2D eigenvalue weighted by atomic mass is 9.92. The number of terminal acetylenes is 1. The Morgan fingerprint density at radius 3 is 2.31 bits per heavy atom. The van der Waals surface area contributed by atoms with E-state index in [1.54, 1.807) is 6.08 Å². The zero-order valence-electron chi connectivity index (χ0n) is 9.22. The smallest absolute Gasteiger partial charge is 0.319 e. The fourth-order valence-electron chi connectivity index (χ4n) is 1.24. The second-order valence-electron chi connectivity index (χ2n) is 3.42. The molecule has 0 amide bonds. The maximum atomic E-state index is 10.7. The maximum absolute atomic E-state index is 10.7. The largest absolute Gasteiger partial charge is 0.481 e. The van der Waals surface area contributed by atoms with Crippen LogP contribution in [0.2, 0.25) is 0 Å². The van der Waals surface area contributed by atoms with Gasteiger partial charge in [-0.25, -0.2) is 0 Å². The molecule has 0 saturated heterocycles. The summed E-state index contributed by atoms with van der Waals surface area (Å²) in [4.78, 5) is 21.4. The van der Waals surface area contributed by atoms with Crippen LogP contribution in [0.3, 0.4) is 0 Å². The third-order valence-electron chi connectivity index (χ3n) is 2.15. The van der Waals surface area contributed by atoms with Gasteiger partial charge in [0.1, 0.15) is 0 Å². The van der Waals surface area contributed by atoms with Gasteiger partial charge in [0, 0.05) is 0 Å². The van der Waals surface area contributed by atoms with Gasteiger partial charge in [0.2, 0.25) is 0 Å². The number of rotatable bonds is 7. The van der Waals surface area contributed by atoms with Gasteiger partial charge in [0.15, 0.2) is 5.92 Å². The Labute approximate surface area is 95.0 Å². The van der Waals surface area contributed by atoms with Gasteiger partial charge in [-0.15, -0.1) is 6.42 Å². The van der Waals surface area contributed by atoms with Crippen molar-refractivity contribution in [2.45, 2.75) is 26.2 Å². The predicted molar refractivity (Wildman–Crippen MR) is 59.7 cm³/mol. The highest BCUT2D eigenvalue weighted by Gasteiger charge is 2.32. The van der Waals surface area contributed by atoms with E-state index in [1.807, 2.05) is 6.92 Å². The van der Waals surface area contributed by atoms with Crippen LogP contribution in [-0.4, -0.2) is 22.2 Å². The van der Waals surface area contributed by atoms with Crippen LogP contribution < -0.4 is 0 Å². The summed E-state index contributed by atoms with van der Waals surface area (Å²) in [6.45, 7) is 2.03. The van der Waals surface area contributed by atoms with E-state index in [-0.39, 0.29) is 0 Å². The van der Waals surface area contributed by atoms with Gasteiger partial charge in [-0.1, -0.05) is 37.8 Å². The van der Waals surface area contributed by atoms with Crippen LogP contribution in [0, 0.1) is 24.2 Å². The van der Waals surface area contributed by atoms with Gasteiger partial charge in [0.05, 0.1) is 5.92 Å². The molecule has 0 aliphatic carbocycles. The number of carboxylic acids is 2. The summed E-state index contributed by atoms with van der Waals surface area (Å²) in [7, 11) is 0. The Morgan fingerprint density at radius 1 is 1.38 bits per heavy atom. The SMILES string of the molecule is C#CC(C=CCCCC)C(C(=O)O)C(=O)O. The molecule has 4 nitrogen and oxygen atoms in total. The van der Waals surface area contributed by atoms with E-state index in [4.69, 9.17) is 16.6 Å². The van der Waals surface area contributed by atoms with Crippen LogP contribution in [0.25, 0.3) is 0 Å². The third-order valence-corrected chi connectivity index (χ3v) is 2.15. The molecule has 0 radical (unpaired) electrons. The molecule has 16 heavy (non-hydrogen) atoms. The van der Waals surface area contributed by atoms with E-state index in [2.05, 4.69) is 5.92 Å². The highest BCUT2D eigenvalue weighted by atomic mass is 16.4. The zero-order valence-corrected chi connectivity index (χ0v) is 9.22. The quantitative estimate of drug-likeness (QED) is 0.299. The fraction of sp³-hybridized carbons (Fsp3) is 0.500. The summed E-state index contributed by atoms with van der Waals surface area (Å²) in [6.07, 6.45) is 11.1. The Balaban J connectivity index is 4.58. The van der Waals surface area contributed by atoms with Crippen molar-refractivity contribution in [1.82, 2.24) is 0 Å². The number of allylic oxidation sites excluding steroid dienone is 2. The van der Waals surface area contributed by atoms with Gasteiger partial charge < -0.3 is 10.2 Å². The maximum Gasteiger partial charge on any atom is 0.319 e. The summed E-state index contributed by atoms with van der Waals surface area (Å²) >= 11 is 0. The van der Waals surface area contributed by atoms with E-state index in [9.17, 15) is 9.59 Å². The molecule has 1 unspecified atom stereocenters. The molecule has 0 aliphatic heterocycles. The second kappa shape index (κ2) is 7.52. The minimum atomic E-state index is -1.57. The van der Waals surface area contributed by atoms with Crippen LogP contribution >= 0.6 is 0 Å². The standard InChI is InChI=1S/C12H16O4/c1-3-5-6-7-8-9(4-2)10(11(13)14)12(15)16/h2,7-10H,3,5-6H2,1H3,(H,13,14)(H,15,16). The van der Waals surface area contributed by atoms with Gasteiger partial charge in [-0.2, -0.15) is 0 Å². The molecule has 0 aliphatic rings. The molecule has 0 fully saturated rings. The first-order chi connectivity index (χ1) is 7.54. The lowest BCUT2D eigenvalue weighted by Gasteiger charge is -2.11. The minimum absolute atomic E-state index is 0.778. The summed E-state index contributed by atoms with van der Waals surface area (Å²) < 4.78 is 0. The van der Waals surface area contributed by atoms with Gasteiger partial charge in [-0.05, 0) is 6.42 Å². The molecule has 4 heteroatoms. The first-order valence-electron chi connectivity index (χ1n) is 5.13. The average Bonchev–Trinajstić information content (AvgIpc) is 2.21. The molecule has 1 atom stereocenters. The lowest BCUT2D eigenvalue weighted by molar-refractivity contribution is -0.155. The van der Waals surface area contributed by atoms with Crippen LogP contribution in [0.15, 0.2) is 12.2 Å². The van der Waals surface area contributed by atoms with Gasteiger partial charge >= 0.3 is 11.9 Å². The van der Waals surface area contributed by atoms with E-state index >= 15 is 0 Å².